The van der Waals surface area contributed by atoms with Crippen LogP contribution in [0.5, 0.6) is 11.5 Å². The van der Waals surface area contributed by atoms with E-state index in [1.54, 1.807) is 0 Å². The molecule has 1 unspecified atom stereocenters. The minimum atomic E-state index is -0.227. The van der Waals surface area contributed by atoms with Crippen LogP contribution >= 0.6 is 0 Å². The van der Waals surface area contributed by atoms with E-state index in [2.05, 4.69) is 6.07 Å². The molecule has 3 heteroatoms. The van der Waals surface area contributed by atoms with Crippen LogP contribution in [-0.2, 0) is 13.2 Å². The van der Waals surface area contributed by atoms with Crippen molar-refractivity contribution >= 4 is 0 Å². The Morgan fingerprint density at radius 1 is 0.769 bits per heavy atom. The lowest BCUT2D eigenvalue weighted by Gasteiger charge is -2.13. The van der Waals surface area contributed by atoms with Gasteiger partial charge in [0.25, 0.3) is 0 Å². The molecule has 3 nitrogen and oxygen atoms in total. The van der Waals surface area contributed by atoms with E-state index in [1.165, 1.54) is 0 Å². The highest BCUT2D eigenvalue weighted by atomic mass is 16.5. The quantitative estimate of drug-likeness (QED) is 0.571. The zero-order valence-electron chi connectivity index (χ0n) is 14.8. The number of hydrogen-bond acceptors (Lipinski definition) is 3. The molecule has 0 saturated carbocycles. The fourth-order valence-corrected chi connectivity index (χ4v) is 2.57. The van der Waals surface area contributed by atoms with Crippen LogP contribution in [-0.4, -0.2) is 0 Å². The van der Waals surface area contributed by atoms with Gasteiger partial charge in [0.05, 0.1) is 12.0 Å². The molecule has 0 aliphatic rings. The second kappa shape index (κ2) is 8.73. The molecule has 3 aromatic carbocycles. The monoisotopic (exact) mass is 343 g/mol. The van der Waals surface area contributed by atoms with Gasteiger partial charge >= 0.3 is 0 Å². The molecule has 0 aliphatic heterocycles. The summed E-state index contributed by atoms with van der Waals surface area (Å²) in [6, 6.07) is 28.0. The summed E-state index contributed by atoms with van der Waals surface area (Å²) in [7, 11) is 0. The Bertz CT molecular complexity index is 808. The summed E-state index contributed by atoms with van der Waals surface area (Å²) in [6.45, 7) is 2.82. The molecule has 0 heterocycles. The average molecular weight is 343 g/mol. The van der Waals surface area contributed by atoms with Gasteiger partial charge in [-0.05, 0) is 35.7 Å². The van der Waals surface area contributed by atoms with Crippen LogP contribution in [0.2, 0.25) is 0 Å². The topological polar surface area (TPSA) is 42.2 Å². The van der Waals surface area contributed by atoms with Crippen LogP contribution in [0.25, 0.3) is 0 Å². The Morgan fingerprint density at radius 2 is 1.23 bits per heavy atom. The standard InChI is InChI=1S/C23H21NO2/c1-18(15-24)21-12-22(25-16-19-8-4-2-5-9-19)14-23(13-21)26-17-20-10-6-3-7-11-20/h2-14,18H,16-17H2,1H3. The molecule has 0 aromatic heterocycles. The van der Waals surface area contributed by atoms with E-state index in [-0.39, 0.29) is 5.92 Å². The second-order valence-electron chi connectivity index (χ2n) is 6.14. The van der Waals surface area contributed by atoms with Crippen LogP contribution in [0, 0.1) is 11.3 Å². The van der Waals surface area contributed by atoms with Crippen molar-refractivity contribution in [3.8, 4) is 17.6 Å². The highest BCUT2D eigenvalue weighted by Gasteiger charge is 2.10. The zero-order chi connectivity index (χ0) is 18.2. The molecule has 26 heavy (non-hydrogen) atoms. The van der Waals surface area contributed by atoms with Crippen molar-refractivity contribution < 1.29 is 9.47 Å². The summed E-state index contributed by atoms with van der Waals surface area (Å²) in [5, 5.41) is 9.25. The predicted octanol–water partition coefficient (Wildman–Crippen LogP) is 5.47. The molecule has 0 spiro atoms. The first-order valence-electron chi connectivity index (χ1n) is 8.62. The van der Waals surface area contributed by atoms with Crippen LogP contribution in [0.15, 0.2) is 78.9 Å². The van der Waals surface area contributed by atoms with Gasteiger partial charge in [0.15, 0.2) is 0 Å². The Labute approximate surface area is 154 Å². The molecule has 0 bridgehead atoms. The highest BCUT2D eigenvalue weighted by molar-refractivity contribution is 5.41. The van der Waals surface area contributed by atoms with Gasteiger partial charge in [-0.1, -0.05) is 60.7 Å². The third kappa shape index (κ3) is 4.87. The zero-order valence-corrected chi connectivity index (χ0v) is 14.8. The maximum Gasteiger partial charge on any atom is 0.123 e. The summed E-state index contributed by atoms with van der Waals surface area (Å²) >= 11 is 0. The molecule has 0 amide bonds. The molecule has 1 atom stereocenters. The number of nitriles is 1. The fraction of sp³-hybridized carbons (Fsp3) is 0.174. The van der Waals surface area contributed by atoms with E-state index >= 15 is 0 Å². The molecule has 0 N–H and O–H groups in total. The van der Waals surface area contributed by atoms with Crippen molar-refractivity contribution in [3.63, 3.8) is 0 Å². The largest absolute Gasteiger partial charge is 0.489 e. The average Bonchev–Trinajstić information content (AvgIpc) is 2.71. The van der Waals surface area contributed by atoms with Gasteiger partial charge in [0, 0.05) is 6.07 Å². The Balaban J connectivity index is 1.76. The molecular formula is C23H21NO2. The molecular weight excluding hydrogens is 322 g/mol. The first-order valence-corrected chi connectivity index (χ1v) is 8.62. The van der Waals surface area contributed by atoms with Crippen LogP contribution in [0.4, 0.5) is 0 Å². The van der Waals surface area contributed by atoms with Crippen LogP contribution in [0.1, 0.15) is 29.5 Å². The smallest absolute Gasteiger partial charge is 0.123 e. The van der Waals surface area contributed by atoms with Crippen molar-refractivity contribution in [1.29, 1.82) is 5.26 Å². The van der Waals surface area contributed by atoms with Gasteiger partial charge in [-0.25, -0.2) is 0 Å². The summed E-state index contributed by atoms with van der Waals surface area (Å²) in [5.74, 6) is 1.18. The van der Waals surface area contributed by atoms with Gasteiger partial charge in [-0.2, -0.15) is 5.26 Å². The molecule has 0 fully saturated rings. The molecule has 3 aromatic rings. The van der Waals surface area contributed by atoms with Crippen molar-refractivity contribution in [3.05, 3.63) is 95.6 Å². The van der Waals surface area contributed by atoms with E-state index in [0.29, 0.717) is 24.7 Å². The minimum Gasteiger partial charge on any atom is -0.489 e. The van der Waals surface area contributed by atoms with E-state index in [4.69, 9.17) is 9.47 Å². The van der Waals surface area contributed by atoms with Crippen LogP contribution in [0.3, 0.4) is 0 Å². The number of ether oxygens (including phenoxy) is 2. The number of hydrogen-bond donors (Lipinski definition) is 0. The third-order valence-electron chi connectivity index (χ3n) is 4.09. The lowest BCUT2D eigenvalue weighted by molar-refractivity contribution is 0.289. The van der Waals surface area contributed by atoms with Gasteiger partial charge in [-0.15, -0.1) is 0 Å². The second-order valence-corrected chi connectivity index (χ2v) is 6.14. The van der Waals surface area contributed by atoms with E-state index in [1.807, 2.05) is 85.8 Å². The van der Waals surface area contributed by atoms with E-state index < -0.39 is 0 Å². The first-order chi connectivity index (χ1) is 12.7. The van der Waals surface area contributed by atoms with E-state index in [9.17, 15) is 5.26 Å². The van der Waals surface area contributed by atoms with Crippen molar-refractivity contribution in [2.75, 3.05) is 0 Å². The third-order valence-corrected chi connectivity index (χ3v) is 4.09. The predicted molar refractivity (Wildman–Crippen MR) is 102 cm³/mol. The van der Waals surface area contributed by atoms with Gasteiger partial charge in [0.2, 0.25) is 0 Å². The highest BCUT2D eigenvalue weighted by Crippen LogP contribution is 2.28. The Morgan fingerprint density at radius 3 is 1.65 bits per heavy atom. The molecule has 0 aliphatic carbocycles. The lowest BCUT2D eigenvalue weighted by atomic mass is 10.0. The summed E-state index contributed by atoms with van der Waals surface area (Å²) in [4.78, 5) is 0. The van der Waals surface area contributed by atoms with Crippen LogP contribution < -0.4 is 9.47 Å². The van der Waals surface area contributed by atoms with Gasteiger partial charge in [0.1, 0.15) is 24.7 Å². The number of rotatable bonds is 7. The van der Waals surface area contributed by atoms with Crippen molar-refractivity contribution in [2.24, 2.45) is 0 Å². The summed E-state index contributed by atoms with van der Waals surface area (Å²) in [6.07, 6.45) is 0. The first kappa shape index (κ1) is 17.6. The summed E-state index contributed by atoms with van der Waals surface area (Å²) in [5.41, 5.74) is 3.08. The Kier molecular flexibility index (Phi) is 5.90. The SMILES string of the molecule is CC(C#N)c1cc(OCc2ccccc2)cc(OCc2ccccc2)c1. The summed E-state index contributed by atoms with van der Waals surface area (Å²) < 4.78 is 11.9. The normalized spacial score (nSPS) is 11.4. The minimum absolute atomic E-state index is 0.227. The van der Waals surface area contributed by atoms with E-state index in [0.717, 1.165) is 16.7 Å². The maximum atomic E-state index is 9.25. The molecule has 0 saturated heterocycles. The number of nitrogens with zero attached hydrogens (tertiary/aromatic N) is 1. The van der Waals surface area contributed by atoms with Gasteiger partial charge in [-0.3, -0.25) is 0 Å². The molecule has 3 rings (SSSR count). The molecule has 130 valence electrons. The maximum absolute atomic E-state index is 9.25. The lowest BCUT2D eigenvalue weighted by Crippen LogP contribution is -2.00. The molecule has 0 radical (unpaired) electrons. The number of benzene rings is 3. The Hall–Kier alpha value is -3.25. The van der Waals surface area contributed by atoms with Gasteiger partial charge < -0.3 is 9.47 Å². The fourth-order valence-electron chi connectivity index (χ4n) is 2.57. The van der Waals surface area contributed by atoms with Crippen molar-refractivity contribution in [2.45, 2.75) is 26.1 Å². The van der Waals surface area contributed by atoms with Crippen molar-refractivity contribution in [1.82, 2.24) is 0 Å².